The number of aromatic nitrogens is 2. The molecule has 1 aromatic carbocycles. The number of carbonyl (C=O) groups is 1. The van der Waals surface area contributed by atoms with Gasteiger partial charge in [-0.3, -0.25) is 14.8 Å². The Hall–Kier alpha value is -2.05. The lowest BCUT2D eigenvalue weighted by Crippen LogP contribution is -2.53. The van der Waals surface area contributed by atoms with Gasteiger partial charge in [0, 0.05) is 62.2 Å². The van der Waals surface area contributed by atoms with E-state index >= 15 is 0 Å². The van der Waals surface area contributed by atoms with Crippen LogP contribution in [0.2, 0.25) is 5.02 Å². The van der Waals surface area contributed by atoms with E-state index in [1.807, 2.05) is 23.1 Å². The number of rotatable bonds is 3. The Balaban J connectivity index is 1.28. The average molecular weight is 374 g/mol. The number of halogens is 1. The quantitative estimate of drug-likeness (QED) is 0.898. The van der Waals surface area contributed by atoms with Gasteiger partial charge < -0.3 is 9.80 Å². The largest absolute Gasteiger partial charge is 0.369 e. The molecule has 0 spiro atoms. The molecule has 0 atom stereocenters. The van der Waals surface area contributed by atoms with Gasteiger partial charge in [0.15, 0.2) is 0 Å². The minimum atomic E-state index is 0.0618. The van der Waals surface area contributed by atoms with Gasteiger partial charge in [0.25, 0.3) is 5.91 Å². The number of anilines is 1. The second-order valence-electron chi connectivity index (χ2n) is 7.00. The third-order valence-corrected chi connectivity index (χ3v) is 5.72. The van der Waals surface area contributed by atoms with Crippen molar-refractivity contribution >= 4 is 23.2 Å². The predicted molar refractivity (Wildman–Crippen MR) is 103 cm³/mol. The van der Waals surface area contributed by atoms with Gasteiger partial charge in [0.05, 0.1) is 0 Å². The molecule has 1 N–H and O–H groups in total. The monoisotopic (exact) mass is 373 g/mol. The molecule has 3 heterocycles. The highest BCUT2D eigenvalue weighted by atomic mass is 35.5. The first-order valence-electron chi connectivity index (χ1n) is 9.24. The third kappa shape index (κ3) is 3.71. The fraction of sp³-hybridized carbons (Fsp3) is 0.474. The lowest BCUT2D eigenvalue weighted by Gasteiger charge is -2.43. The molecule has 4 rings (SSSR count). The summed E-state index contributed by atoms with van der Waals surface area (Å²) in [5.41, 5.74) is 1.79. The first-order chi connectivity index (χ1) is 12.7. The van der Waals surface area contributed by atoms with Crippen LogP contribution >= 0.6 is 11.6 Å². The van der Waals surface area contributed by atoms with Gasteiger partial charge in [-0.1, -0.05) is 17.7 Å². The highest BCUT2D eigenvalue weighted by molar-refractivity contribution is 6.30. The number of nitrogens with zero attached hydrogens (tertiary/aromatic N) is 4. The van der Waals surface area contributed by atoms with E-state index in [0.29, 0.717) is 11.7 Å². The van der Waals surface area contributed by atoms with Crippen LogP contribution < -0.4 is 4.90 Å². The molecule has 0 bridgehead atoms. The van der Waals surface area contributed by atoms with Crippen molar-refractivity contribution in [2.45, 2.75) is 18.9 Å². The number of benzene rings is 1. The number of carbonyl (C=O) groups excluding carboxylic acids is 1. The minimum Gasteiger partial charge on any atom is -0.369 e. The Morgan fingerprint density at radius 3 is 2.50 bits per heavy atom. The van der Waals surface area contributed by atoms with Crippen molar-refractivity contribution in [2.24, 2.45) is 0 Å². The SMILES string of the molecule is O=C(c1ccn[nH]1)N1CCC(N2CCN(c3cccc(Cl)c3)CC2)CC1. The Morgan fingerprint density at radius 2 is 1.85 bits per heavy atom. The molecule has 2 saturated heterocycles. The molecule has 2 aromatic rings. The van der Waals surface area contributed by atoms with E-state index in [1.165, 1.54) is 5.69 Å². The summed E-state index contributed by atoms with van der Waals surface area (Å²) in [6.45, 7) is 5.80. The molecule has 7 heteroatoms. The zero-order chi connectivity index (χ0) is 17.9. The Morgan fingerprint density at radius 1 is 1.08 bits per heavy atom. The maximum absolute atomic E-state index is 12.4. The molecular formula is C19H24ClN5O. The first kappa shape index (κ1) is 17.4. The van der Waals surface area contributed by atoms with Crippen LogP contribution in [0, 0.1) is 0 Å². The number of aromatic amines is 1. The van der Waals surface area contributed by atoms with Gasteiger partial charge in [-0.2, -0.15) is 5.10 Å². The normalized spacial score (nSPS) is 19.7. The molecule has 2 aliphatic rings. The van der Waals surface area contributed by atoms with Gasteiger partial charge in [0.2, 0.25) is 0 Å². The van der Waals surface area contributed by atoms with Gasteiger partial charge in [-0.25, -0.2) is 0 Å². The van der Waals surface area contributed by atoms with Crippen molar-refractivity contribution in [1.29, 1.82) is 0 Å². The molecule has 6 nitrogen and oxygen atoms in total. The van der Waals surface area contributed by atoms with Crippen LogP contribution in [0.4, 0.5) is 5.69 Å². The lowest BCUT2D eigenvalue weighted by molar-refractivity contribution is 0.0605. The molecule has 0 unspecified atom stereocenters. The summed E-state index contributed by atoms with van der Waals surface area (Å²) < 4.78 is 0. The number of likely N-dealkylation sites (tertiary alicyclic amines) is 1. The Kier molecular flexibility index (Phi) is 5.13. The molecule has 0 saturated carbocycles. The number of hydrogen-bond donors (Lipinski definition) is 1. The molecule has 26 heavy (non-hydrogen) atoms. The standard InChI is InChI=1S/C19H24ClN5O/c20-15-2-1-3-17(14-15)24-12-10-23(11-13-24)16-5-8-25(9-6-16)19(26)18-4-7-21-22-18/h1-4,7,14,16H,5-6,8-13H2,(H,21,22). The van der Waals surface area contributed by atoms with E-state index < -0.39 is 0 Å². The Labute approximate surface area is 158 Å². The van der Waals surface area contributed by atoms with Crippen molar-refractivity contribution in [3.8, 4) is 0 Å². The zero-order valence-electron chi connectivity index (χ0n) is 14.8. The van der Waals surface area contributed by atoms with Crippen molar-refractivity contribution in [3.63, 3.8) is 0 Å². The highest BCUT2D eigenvalue weighted by Crippen LogP contribution is 2.24. The Bertz CT molecular complexity index is 734. The fourth-order valence-corrected chi connectivity index (χ4v) is 4.18. The van der Waals surface area contributed by atoms with Crippen molar-refractivity contribution < 1.29 is 4.79 Å². The van der Waals surface area contributed by atoms with E-state index in [9.17, 15) is 4.79 Å². The summed E-state index contributed by atoms with van der Waals surface area (Å²) in [4.78, 5) is 19.3. The van der Waals surface area contributed by atoms with Gasteiger partial charge >= 0.3 is 0 Å². The molecule has 0 aliphatic carbocycles. The van der Waals surface area contributed by atoms with E-state index in [4.69, 9.17) is 11.6 Å². The first-order valence-corrected chi connectivity index (χ1v) is 9.62. The average Bonchev–Trinajstić information content (AvgIpc) is 3.23. The summed E-state index contributed by atoms with van der Waals surface area (Å²) in [7, 11) is 0. The van der Waals surface area contributed by atoms with E-state index in [2.05, 4.69) is 26.1 Å². The molecule has 138 valence electrons. The van der Waals surface area contributed by atoms with Gasteiger partial charge in [-0.05, 0) is 37.1 Å². The minimum absolute atomic E-state index is 0.0618. The summed E-state index contributed by atoms with van der Waals surface area (Å²) >= 11 is 6.12. The van der Waals surface area contributed by atoms with Crippen LogP contribution in [0.15, 0.2) is 36.5 Å². The lowest BCUT2D eigenvalue weighted by atomic mass is 10.0. The predicted octanol–water partition coefficient (Wildman–Crippen LogP) is 2.49. The molecule has 2 aliphatic heterocycles. The summed E-state index contributed by atoms with van der Waals surface area (Å²) in [6, 6.07) is 10.4. The van der Waals surface area contributed by atoms with E-state index in [1.54, 1.807) is 12.3 Å². The topological polar surface area (TPSA) is 55.5 Å². The van der Waals surface area contributed by atoms with Crippen molar-refractivity contribution in [3.05, 3.63) is 47.2 Å². The number of hydrogen-bond acceptors (Lipinski definition) is 4. The van der Waals surface area contributed by atoms with Crippen LogP contribution in [0.25, 0.3) is 0 Å². The van der Waals surface area contributed by atoms with Crippen LogP contribution in [0.1, 0.15) is 23.3 Å². The van der Waals surface area contributed by atoms with Crippen molar-refractivity contribution in [2.75, 3.05) is 44.2 Å². The fourth-order valence-electron chi connectivity index (χ4n) is 4.00. The van der Waals surface area contributed by atoms with Gasteiger partial charge in [-0.15, -0.1) is 0 Å². The smallest absolute Gasteiger partial charge is 0.271 e. The van der Waals surface area contributed by atoms with Crippen LogP contribution in [0.3, 0.4) is 0 Å². The third-order valence-electron chi connectivity index (χ3n) is 5.49. The molecule has 1 aromatic heterocycles. The van der Waals surface area contributed by atoms with Crippen molar-refractivity contribution in [1.82, 2.24) is 20.0 Å². The number of piperidine rings is 1. The second kappa shape index (κ2) is 7.68. The van der Waals surface area contributed by atoms with Crippen LogP contribution in [-0.4, -0.2) is 71.2 Å². The summed E-state index contributed by atoms with van der Waals surface area (Å²) in [6.07, 6.45) is 3.70. The van der Waals surface area contributed by atoms with E-state index in [0.717, 1.165) is 57.1 Å². The van der Waals surface area contributed by atoms with Crippen LogP contribution in [0.5, 0.6) is 0 Å². The van der Waals surface area contributed by atoms with Gasteiger partial charge in [0.1, 0.15) is 5.69 Å². The summed E-state index contributed by atoms with van der Waals surface area (Å²) in [5, 5.41) is 7.43. The highest BCUT2D eigenvalue weighted by Gasteiger charge is 2.29. The second-order valence-corrected chi connectivity index (χ2v) is 7.43. The number of nitrogens with one attached hydrogen (secondary N) is 1. The molecular weight excluding hydrogens is 350 g/mol. The maximum Gasteiger partial charge on any atom is 0.271 e. The van der Waals surface area contributed by atoms with Crippen LogP contribution in [-0.2, 0) is 0 Å². The number of piperazine rings is 1. The maximum atomic E-state index is 12.4. The van der Waals surface area contributed by atoms with E-state index in [-0.39, 0.29) is 5.91 Å². The molecule has 1 amide bonds. The number of H-pyrrole nitrogens is 1. The number of amides is 1. The molecule has 2 fully saturated rings. The summed E-state index contributed by atoms with van der Waals surface area (Å²) in [5.74, 6) is 0.0618. The zero-order valence-corrected chi connectivity index (χ0v) is 15.5. The molecule has 0 radical (unpaired) electrons.